The minimum atomic E-state index is -0.476. The predicted molar refractivity (Wildman–Crippen MR) is 67.1 cm³/mol. The zero-order valence-corrected chi connectivity index (χ0v) is 9.58. The van der Waals surface area contributed by atoms with E-state index in [-0.39, 0.29) is 11.5 Å². The molecule has 0 amide bonds. The first-order chi connectivity index (χ1) is 8.08. The third-order valence-corrected chi connectivity index (χ3v) is 2.55. The molecule has 1 heterocycles. The summed E-state index contributed by atoms with van der Waals surface area (Å²) in [5.41, 5.74) is 6.04. The Morgan fingerprint density at radius 1 is 1.29 bits per heavy atom. The Morgan fingerprint density at radius 3 is 2.53 bits per heavy atom. The largest absolute Gasteiger partial charge is 0.389 e. The second-order valence-electron chi connectivity index (χ2n) is 3.51. The SMILES string of the molecule is NC(=S)c1cccc(Cn2c(=O)[nH][nH]c2=O)c1. The van der Waals surface area contributed by atoms with Crippen molar-refractivity contribution < 1.29 is 0 Å². The lowest BCUT2D eigenvalue weighted by Crippen LogP contribution is -2.27. The van der Waals surface area contributed by atoms with Crippen LogP contribution >= 0.6 is 12.2 Å². The van der Waals surface area contributed by atoms with E-state index in [9.17, 15) is 9.59 Å². The average Bonchev–Trinajstić information content (AvgIpc) is 2.61. The van der Waals surface area contributed by atoms with Crippen LogP contribution in [0.1, 0.15) is 11.1 Å². The third-order valence-electron chi connectivity index (χ3n) is 2.32. The lowest BCUT2D eigenvalue weighted by Gasteiger charge is -2.03. The molecule has 0 aliphatic carbocycles. The van der Waals surface area contributed by atoms with E-state index in [1.54, 1.807) is 24.3 Å². The summed E-state index contributed by atoms with van der Waals surface area (Å²) in [4.78, 5) is 22.9. The Kier molecular flexibility index (Phi) is 2.92. The standard InChI is InChI=1S/C10H10N4O2S/c11-8(17)7-3-1-2-6(4-7)5-14-9(15)12-13-10(14)16/h1-4H,5H2,(H2,11,17)(H,12,15)(H,13,16). The average molecular weight is 250 g/mol. The highest BCUT2D eigenvalue weighted by molar-refractivity contribution is 7.80. The Balaban J connectivity index is 2.37. The van der Waals surface area contributed by atoms with Gasteiger partial charge < -0.3 is 5.73 Å². The number of aromatic amines is 2. The zero-order chi connectivity index (χ0) is 12.4. The Labute approximate surface area is 101 Å². The third kappa shape index (κ3) is 2.34. The molecule has 1 aromatic carbocycles. The van der Waals surface area contributed by atoms with Gasteiger partial charge in [0.15, 0.2) is 0 Å². The van der Waals surface area contributed by atoms with Gasteiger partial charge in [-0.3, -0.25) is 0 Å². The summed E-state index contributed by atoms with van der Waals surface area (Å²) >= 11 is 4.86. The van der Waals surface area contributed by atoms with Gasteiger partial charge in [-0.25, -0.2) is 24.4 Å². The molecule has 0 fully saturated rings. The van der Waals surface area contributed by atoms with Crippen molar-refractivity contribution in [1.82, 2.24) is 14.8 Å². The molecular formula is C10H10N4O2S. The number of rotatable bonds is 3. The maximum atomic E-state index is 11.3. The molecule has 0 unspecified atom stereocenters. The van der Waals surface area contributed by atoms with Crippen LogP contribution in [0.2, 0.25) is 0 Å². The second kappa shape index (κ2) is 4.38. The van der Waals surface area contributed by atoms with Gasteiger partial charge in [-0.05, 0) is 11.6 Å². The molecule has 2 rings (SSSR count). The number of nitrogens with one attached hydrogen (secondary N) is 2. The number of hydrogen-bond donors (Lipinski definition) is 3. The van der Waals surface area contributed by atoms with Crippen molar-refractivity contribution in [1.29, 1.82) is 0 Å². The highest BCUT2D eigenvalue weighted by Gasteiger charge is 2.04. The van der Waals surface area contributed by atoms with Crippen molar-refractivity contribution in [3.8, 4) is 0 Å². The molecule has 1 aromatic heterocycles. The molecule has 0 atom stereocenters. The minimum Gasteiger partial charge on any atom is -0.389 e. The van der Waals surface area contributed by atoms with Gasteiger partial charge in [0.2, 0.25) is 0 Å². The van der Waals surface area contributed by atoms with E-state index < -0.39 is 11.4 Å². The normalized spacial score (nSPS) is 10.4. The summed E-state index contributed by atoms with van der Waals surface area (Å²) in [5.74, 6) is 0. The Bertz CT molecular complexity index is 640. The van der Waals surface area contributed by atoms with E-state index in [0.29, 0.717) is 5.56 Å². The first-order valence-electron chi connectivity index (χ1n) is 4.84. The highest BCUT2D eigenvalue weighted by Crippen LogP contribution is 2.05. The monoisotopic (exact) mass is 250 g/mol. The molecule has 4 N–H and O–H groups in total. The lowest BCUT2D eigenvalue weighted by molar-refractivity contribution is 0.733. The quantitative estimate of drug-likeness (QED) is 0.643. The van der Waals surface area contributed by atoms with Crippen LogP contribution in [0.3, 0.4) is 0 Å². The van der Waals surface area contributed by atoms with E-state index in [0.717, 1.165) is 10.1 Å². The van der Waals surface area contributed by atoms with Crippen molar-refractivity contribution in [3.63, 3.8) is 0 Å². The molecule has 0 saturated heterocycles. The molecule has 0 radical (unpaired) electrons. The predicted octanol–water partition coefficient (Wildman–Crippen LogP) is -0.453. The molecular weight excluding hydrogens is 240 g/mol. The topological polar surface area (TPSA) is 96.7 Å². The van der Waals surface area contributed by atoms with Crippen LogP contribution in [0.15, 0.2) is 33.9 Å². The molecule has 0 aliphatic rings. The van der Waals surface area contributed by atoms with Gasteiger partial charge in [-0.1, -0.05) is 30.4 Å². The number of thiocarbonyl (C=S) groups is 1. The van der Waals surface area contributed by atoms with Crippen molar-refractivity contribution >= 4 is 17.2 Å². The fourth-order valence-electron chi connectivity index (χ4n) is 1.48. The van der Waals surface area contributed by atoms with E-state index >= 15 is 0 Å². The molecule has 2 aromatic rings. The number of hydrogen-bond acceptors (Lipinski definition) is 3. The Hall–Kier alpha value is -2.15. The van der Waals surface area contributed by atoms with Crippen LogP contribution in [0, 0.1) is 0 Å². The summed E-state index contributed by atoms with van der Waals surface area (Å²) in [6.45, 7) is 0.175. The van der Waals surface area contributed by atoms with Gasteiger partial charge in [0.25, 0.3) is 0 Å². The van der Waals surface area contributed by atoms with Crippen molar-refractivity contribution in [2.45, 2.75) is 6.54 Å². The summed E-state index contributed by atoms with van der Waals surface area (Å²) in [6.07, 6.45) is 0. The van der Waals surface area contributed by atoms with Crippen molar-refractivity contribution in [2.75, 3.05) is 0 Å². The first-order valence-corrected chi connectivity index (χ1v) is 5.25. The number of H-pyrrole nitrogens is 2. The van der Waals surface area contributed by atoms with Gasteiger partial charge in [0.05, 0.1) is 6.54 Å². The molecule has 6 nitrogen and oxygen atoms in total. The van der Waals surface area contributed by atoms with Crippen LogP contribution in [-0.4, -0.2) is 19.8 Å². The summed E-state index contributed by atoms with van der Waals surface area (Å²) in [6, 6.07) is 7.09. The number of nitrogens with two attached hydrogens (primary N) is 1. The molecule has 0 aliphatic heterocycles. The second-order valence-corrected chi connectivity index (χ2v) is 3.95. The molecule has 0 bridgehead atoms. The molecule has 0 spiro atoms. The van der Waals surface area contributed by atoms with E-state index in [4.69, 9.17) is 18.0 Å². The van der Waals surface area contributed by atoms with Crippen LogP contribution in [0.25, 0.3) is 0 Å². The summed E-state index contributed by atoms with van der Waals surface area (Å²) in [7, 11) is 0. The molecule has 0 saturated carbocycles. The van der Waals surface area contributed by atoms with E-state index in [1.165, 1.54) is 0 Å². The lowest BCUT2D eigenvalue weighted by atomic mass is 10.1. The van der Waals surface area contributed by atoms with Crippen LogP contribution in [-0.2, 0) is 6.54 Å². The summed E-state index contributed by atoms with van der Waals surface area (Å²) < 4.78 is 1.05. The molecule has 17 heavy (non-hydrogen) atoms. The zero-order valence-electron chi connectivity index (χ0n) is 8.77. The fourth-order valence-corrected chi connectivity index (χ4v) is 1.61. The van der Waals surface area contributed by atoms with Gasteiger partial charge in [0, 0.05) is 5.56 Å². The van der Waals surface area contributed by atoms with Crippen molar-refractivity contribution in [3.05, 3.63) is 56.4 Å². The van der Waals surface area contributed by atoms with Gasteiger partial charge in [-0.15, -0.1) is 0 Å². The number of nitrogens with zero attached hydrogens (tertiary/aromatic N) is 1. The van der Waals surface area contributed by atoms with Crippen LogP contribution in [0.5, 0.6) is 0 Å². The van der Waals surface area contributed by atoms with Crippen molar-refractivity contribution in [2.24, 2.45) is 5.73 Å². The molecule has 7 heteroatoms. The number of benzene rings is 1. The number of aromatic nitrogens is 3. The minimum absolute atomic E-state index is 0.175. The van der Waals surface area contributed by atoms with Gasteiger partial charge in [0.1, 0.15) is 4.99 Å². The van der Waals surface area contributed by atoms with Gasteiger partial charge in [-0.2, -0.15) is 0 Å². The maximum Gasteiger partial charge on any atom is 0.344 e. The summed E-state index contributed by atoms with van der Waals surface area (Å²) in [5, 5.41) is 4.43. The fraction of sp³-hybridized carbons (Fsp3) is 0.100. The van der Waals surface area contributed by atoms with E-state index in [1.807, 2.05) is 0 Å². The smallest absolute Gasteiger partial charge is 0.344 e. The highest BCUT2D eigenvalue weighted by atomic mass is 32.1. The van der Waals surface area contributed by atoms with Crippen LogP contribution < -0.4 is 17.1 Å². The van der Waals surface area contributed by atoms with E-state index in [2.05, 4.69) is 10.2 Å². The van der Waals surface area contributed by atoms with Gasteiger partial charge >= 0.3 is 11.4 Å². The first kappa shape index (κ1) is 11.3. The van der Waals surface area contributed by atoms with Crippen LogP contribution in [0.4, 0.5) is 0 Å². The maximum absolute atomic E-state index is 11.3. The Morgan fingerprint density at radius 2 is 1.94 bits per heavy atom. The molecule has 88 valence electrons.